The van der Waals surface area contributed by atoms with Crippen molar-refractivity contribution < 1.29 is 29.4 Å². The van der Waals surface area contributed by atoms with E-state index in [1.807, 2.05) is 60.7 Å². The first-order chi connectivity index (χ1) is 18.7. The number of benzene rings is 2. The number of rotatable bonds is 18. The van der Waals surface area contributed by atoms with Crippen molar-refractivity contribution in [3.63, 3.8) is 0 Å². The monoisotopic (exact) mass is 540 g/mol. The van der Waals surface area contributed by atoms with Crippen molar-refractivity contribution in [2.24, 2.45) is 5.92 Å². The zero-order chi connectivity index (χ0) is 28.7. The zero-order valence-electron chi connectivity index (χ0n) is 22.6. The van der Waals surface area contributed by atoms with E-state index in [1.54, 1.807) is 6.92 Å². The molecule has 0 spiro atoms. The number of unbranched alkanes of at least 4 members (excludes halogenated alkanes) is 2. The number of carboxylic acid groups (broad SMARTS) is 2. The SMILES string of the molecule is CC(C=O)NCCCCC[C@@H](Cc1ccccc1)C(Cc1ccccc1)(NC(=O)O)N(NC(=O)O)[C@@H](C)C=O. The molecule has 2 aromatic rings. The Balaban J connectivity index is 2.54. The molecule has 0 saturated carbocycles. The number of amides is 2. The van der Waals surface area contributed by atoms with Gasteiger partial charge in [-0.25, -0.2) is 9.59 Å². The van der Waals surface area contributed by atoms with Crippen LogP contribution < -0.4 is 16.1 Å². The van der Waals surface area contributed by atoms with Gasteiger partial charge >= 0.3 is 12.2 Å². The van der Waals surface area contributed by atoms with E-state index in [4.69, 9.17) is 0 Å². The van der Waals surface area contributed by atoms with Crippen LogP contribution in [0.25, 0.3) is 0 Å². The lowest BCUT2D eigenvalue weighted by Gasteiger charge is -2.49. The number of hydrogen-bond acceptors (Lipinski definition) is 6. The highest BCUT2D eigenvalue weighted by Crippen LogP contribution is 2.34. The predicted octanol–water partition coefficient (Wildman–Crippen LogP) is 3.86. The van der Waals surface area contributed by atoms with E-state index in [1.165, 1.54) is 11.9 Å². The Morgan fingerprint density at radius 3 is 2.03 bits per heavy atom. The molecule has 10 nitrogen and oxygen atoms in total. The molecule has 0 aliphatic heterocycles. The molecule has 212 valence electrons. The van der Waals surface area contributed by atoms with Crippen LogP contribution in [0.5, 0.6) is 0 Å². The minimum Gasteiger partial charge on any atom is -0.465 e. The van der Waals surface area contributed by atoms with Crippen LogP contribution in [0.15, 0.2) is 60.7 Å². The summed E-state index contributed by atoms with van der Waals surface area (Å²) in [6.45, 7) is 3.99. The number of hydrogen-bond donors (Lipinski definition) is 5. The second-order valence-corrected chi connectivity index (χ2v) is 9.80. The molecule has 0 aliphatic rings. The summed E-state index contributed by atoms with van der Waals surface area (Å²) in [5, 5.41) is 26.8. The fourth-order valence-electron chi connectivity index (χ4n) is 4.93. The first kappa shape index (κ1) is 31.5. The van der Waals surface area contributed by atoms with Gasteiger partial charge in [-0.1, -0.05) is 73.5 Å². The van der Waals surface area contributed by atoms with Crippen molar-refractivity contribution in [3.05, 3.63) is 71.8 Å². The first-order valence-electron chi connectivity index (χ1n) is 13.2. The van der Waals surface area contributed by atoms with Crippen LogP contribution in [0.3, 0.4) is 0 Å². The summed E-state index contributed by atoms with van der Waals surface area (Å²) in [4.78, 5) is 47.2. The maximum atomic E-state index is 12.3. The molecular formula is C29H40N4O6. The van der Waals surface area contributed by atoms with Crippen LogP contribution in [-0.4, -0.2) is 64.3 Å². The molecule has 0 aromatic heterocycles. The minimum absolute atomic E-state index is 0.120. The quantitative estimate of drug-likeness (QED) is 0.0829. The van der Waals surface area contributed by atoms with Gasteiger partial charge in [0.15, 0.2) is 0 Å². The number of carbonyl (C=O) groups is 4. The van der Waals surface area contributed by atoms with Gasteiger partial charge in [-0.3, -0.25) is 5.43 Å². The second-order valence-electron chi connectivity index (χ2n) is 9.80. The van der Waals surface area contributed by atoms with Gasteiger partial charge in [-0.15, -0.1) is 0 Å². The highest BCUT2D eigenvalue weighted by atomic mass is 16.4. The number of nitrogens with zero attached hydrogens (tertiary/aromatic N) is 1. The molecule has 2 aromatic carbocycles. The normalized spacial score (nSPS) is 14.9. The van der Waals surface area contributed by atoms with Crippen molar-refractivity contribution in [2.75, 3.05) is 6.54 Å². The molecule has 39 heavy (non-hydrogen) atoms. The van der Waals surface area contributed by atoms with Gasteiger partial charge in [0, 0.05) is 12.3 Å². The molecule has 0 radical (unpaired) electrons. The molecule has 2 rings (SSSR count). The summed E-state index contributed by atoms with van der Waals surface area (Å²) in [5.41, 5.74) is 2.59. The number of hydrazine groups is 1. The van der Waals surface area contributed by atoms with Gasteiger partial charge in [0.2, 0.25) is 0 Å². The van der Waals surface area contributed by atoms with Gasteiger partial charge < -0.3 is 30.4 Å². The van der Waals surface area contributed by atoms with Crippen LogP contribution in [0.1, 0.15) is 50.7 Å². The lowest BCUT2D eigenvalue weighted by molar-refractivity contribution is -0.121. The molecule has 0 bridgehead atoms. The maximum absolute atomic E-state index is 12.3. The average molecular weight is 541 g/mol. The second kappa shape index (κ2) is 16.3. The van der Waals surface area contributed by atoms with Crippen LogP contribution in [0, 0.1) is 5.92 Å². The molecular weight excluding hydrogens is 500 g/mol. The largest absolute Gasteiger partial charge is 0.465 e. The summed E-state index contributed by atoms with van der Waals surface area (Å²) in [5.74, 6) is -0.424. The third kappa shape index (κ3) is 10.1. The lowest BCUT2D eigenvalue weighted by atomic mass is 9.78. The first-order valence-corrected chi connectivity index (χ1v) is 13.2. The third-order valence-corrected chi connectivity index (χ3v) is 6.79. The van der Waals surface area contributed by atoms with E-state index in [9.17, 15) is 29.4 Å². The van der Waals surface area contributed by atoms with Crippen molar-refractivity contribution in [1.29, 1.82) is 0 Å². The Labute approximate surface area is 229 Å². The Hall–Kier alpha value is -3.76. The fraction of sp³-hybridized carbons (Fsp3) is 0.448. The minimum atomic E-state index is -1.49. The maximum Gasteiger partial charge on any atom is 0.419 e. The molecule has 0 aliphatic carbocycles. The molecule has 5 N–H and O–H groups in total. The van der Waals surface area contributed by atoms with Gasteiger partial charge in [-0.05, 0) is 50.8 Å². The van der Waals surface area contributed by atoms with E-state index in [0.29, 0.717) is 25.7 Å². The summed E-state index contributed by atoms with van der Waals surface area (Å²) < 4.78 is 0. The van der Waals surface area contributed by atoms with Crippen LogP contribution in [-0.2, 0) is 22.4 Å². The standard InChI is InChI=1S/C29H40N4O6/c1-22(20-34)30-17-11-5-10-16-26(18-24-12-6-3-7-13-24)29(31-27(36)37,19-25-14-8-4-9-15-25)33(23(2)21-35)32-28(38)39/h3-4,6-9,12-15,20-23,26,30-32H,5,10-11,16-19H2,1-2H3,(H,36,37)(H,38,39)/t22?,23-,26-,29?/m0/s1. The van der Waals surface area contributed by atoms with Crippen molar-refractivity contribution >= 4 is 24.8 Å². The average Bonchev–Trinajstić information content (AvgIpc) is 2.92. The van der Waals surface area contributed by atoms with E-state index < -0.39 is 29.8 Å². The topological polar surface area (TPSA) is 148 Å². The van der Waals surface area contributed by atoms with Gasteiger partial charge in [0.05, 0.1) is 12.1 Å². The molecule has 2 amide bonds. The van der Waals surface area contributed by atoms with E-state index >= 15 is 0 Å². The third-order valence-electron chi connectivity index (χ3n) is 6.79. The van der Waals surface area contributed by atoms with Crippen LogP contribution in [0.2, 0.25) is 0 Å². The number of nitrogens with one attached hydrogen (secondary N) is 3. The predicted molar refractivity (Wildman–Crippen MR) is 148 cm³/mol. The Morgan fingerprint density at radius 2 is 1.49 bits per heavy atom. The number of carbonyl (C=O) groups excluding carboxylic acids is 2. The van der Waals surface area contributed by atoms with Crippen LogP contribution >= 0.6 is 0 Å². The molecule has 10 heteroatoms. The number of aldehydes is 2. The Bertz CT molecular complexity index is 1040. The Kier molecular flexibility index (Phi) is 13.1. The molecule has 2 unspecified atom stereocenters. The molecule has 0 fully saturated rings. The zero-order valence-corrected chi connectivity index (χ0v) is 22.6. The van der Waals surface area contributed by atoms with Crippen molar-refractivity contribution in [1.82, 2.24) is 21.1 Å². The van der Waals surface area contributed by atoms with Gasteiger partial charge in [-0.2, -0.15) is 5.01 Å². The van der Waals surface area contributed by atoms with E-state index in [0.717, 1.165) is 36.7 Å². The summed E-state index contributed by atoms with van der Waals surface area (Å²) in [6, 6.07) is 17.6. The highest BCUT2D eigenvalue weighted by Gasteiger charge is 2.48. The van der Waals surface area contributed by atoms with Gasteiger partial charge in [0.1, 0.15) is 18.2 Å². The van der Waals surface area contributed by atoms with Crippen LogP contribution in [0.4, 0.5) is 9.59 Å². The van der Waals surface area contributed by atoms with Gasteiger partial charge in [0.25, 0.3) is 0 Å². The summed E-state index contributed by atoms with van der Waals surface area (Å²) in [7, 11) is 0. The molecule has 4 atom stereocenters. The summed E-state index contributed by atoms with van der Waals surface area (Å²) in [6.07, 6.45) is 2.18. The fourth-order valence-corrected chi connectivity index (χ4v) is 4.93. The smallest absolute Gasteiger partial charge is 0.419 e. The lowest BCUT2D eigenvalue weighted by Crippen LogP contribution is -2.72. The van der Waals surface area contributed by atoms with Crippen molar-refractivity contribution in [3.8, 4) is 0 Å². The Morgan fingerprint density at radius 1 is 0.872 bits per heavy atom. The van der Waals surface area contributed by atoms with E-state index in [-0.39, 0.29) is 12.5 Å². The van der Waals surface area contributed by atoms with Crippen molar-refractivity contribution in [2.45, 2.75) is 70.1 Å². The molecule has 0 heterocycles. The molecule has 0 saturated heterocycles. The highest BCUT2D eigenvalue weighted by molar-refractivity contribution is 5.68. The van der Waals surface area contributed by atoms with E-state index in [2.05, 4.69) is 16.1 Å². The summed E-state index contributed by atoms with van der Waals surface area (Å²) >= 11 is 0.